The molecule has 0 bridgehead atoms. The Morgan fingerprint density at radius 2 is 1.92 bits per heavy atom. The van der Waals surface area contributed by atoms with Crippen LogP contribution in [0.5, 0.6) is 0 Å². The topological polar surface area (TPSA) is 17.1 Å². The van der Waals surface area contributed by atoms with Gasteiger partial charge < -0.3 is 0 Å². The first-order chi connectivity index (χ1) is 6.29. The number of carbonyl (C=O) groups excluding carboxylic acids is 1. The van der Waals surface area contributed by atoms with Gasteiger partial charge in [-0.3, -0.25) is 4.79 Å². The van der Waals surface area contributed by atoms with Crippen molar-refractivity contribution in [1.29, 1.82) is 0 Å². The zero-order valence-corrected chi connectivity index (χ0v) is 9.16. The monoisotopic (exact) mass is 212 g/mol. The lowest BCUT2D eigenvalue weighted by atomic mass is 10.4. The van der Waals surface area contributed by atoms with Crippen LogP contribution in [0.25, 0.3) is 0 Å². The van der Waals surface area contributed by atoms with E-state index in [1.165, 1.54) is 16.7 Å². The van der Waals surface area contributed by atoms with Gasteiger partial charge in [0.1, 0.15) is 0 Å². The SMILES string of the molecule is CC(=O)SCCSc1ccccc1. The average Bonchev–Trinajstić information content (AvgIpc) is 2.14. The van der Waals surface area contributed by atoms with Crippen molar-refractivity contribution < 1.29 is 4.79 Å². The van der Waals surface area contributed by atoms with Crippen LogP contribution in [0.3, 0.4) is 0 Å². The molecule has 0 N–H and O–H groups in total. The quantitative estimate of drug-likeness (QED) is 0.564. The Bertz CT molecular complexity index is 259. The molecule has 0 amide bonds. The van der Waals surface area contributed by atoms with Crippen LogP contribution >= 0.6 is 23.5 Å². The van der Waals surface area contributed by atoms with Crippen LogP contribution in [0.2, 0.25) is 0 Å². The van der Waals surface area contributed by atoms with Crippen LogP contribution in [-0.2, 0) is 4.79 Å². The molecule has 0 aromatic heterocycles. The maximum atomic E-state index is 10.6. The highest BCUT2D eigenvalue weighted by Crippen LogP contribution is 2.18. The molecular weight excluding hydrogens is 200 g/mol. The molecule has 0 unspecified atom stereocenters. The summed E-state index contributed by atoms with van der Waals surface area (Å²) in [4.78, 5) is 11.9. The molecule has 3 heteroatoms. The van der Waals surface area contributed by atoms with E-state index < -0.39 is 0 Å². The normalized spacial score (nSPS) is 9.92. The van der Waals surface area contributed by atoms with Crippen molar-refractivity contribution in [2.75, 3.05) is 11.5 Å². The first kappa shape index (κ1) is 10.7. The van der Waals surface area contributed by atoms with Gasteiger partial charge in [0.25, 0.3) is 0 Å². The standard InChI is InChI=1S/C10H12OS2/c1-9(11)12-7-8-13-10-5-3-2-4-6-10/h2-6H,7-8H2,1H3. The molecule has 0 spiro atoms. The molecule has 0 saturated heterocycles. The van der Waals surface area contributed by atoms with Gasteiger partial charge in [-0.15, -0.1) is 11.8 Å². The third-order valence-corrected chi connectivity index (χ3v) is 3.49. The maximum Gasteiger partial charge on any atom is 0.185 e. The summed E-state index contributed by atoms with van der Waals surface area (Å²) in [5.74, 6) is 1.89. The van der Waals surface area contributed by atoms with Crippen molar-refractivity contribution in [3.8, 4) is 0 Å². The molecule has 0 saturated carbocycles. The minimum atomic E-state index is 0.202. The molecule has 0 aliphatic heterocycles. The van der Waals surface area contributed by atoms with Crippen molar-refractivity contribution in [3.63, 3.8) is 0 Å². The van der Waals surface area contributed by atoms with E-state index in [9.17, 15) is 4.79 Å². The molecular formula is C10H12OS2. The largest absolute Gasteiger partial charge is 0.288 e. The summed E-state index contributed by atoms with van der Waals surface area (Å²) in [6.45, 7) is 1.61. The van der Waals surface area contributed by atoms with Crippen LogP contribution in [0, 0.1) is 0 Å². The highest BCUT2D eigenvalue weighted by molar-refractivity contribution is 8.14. The summed E-state index contributed by atoms with van der Waals surface area (Å²) in [5, 5.41) is 0.202. The second-order valence-electron chi connectivity index (χ2n) is 2.50. The Morgan fingerprint density at radius 3 is 2.54 bits per heavy atom. The lowest BCUT2D eigenvalue weighted by Crippen LogP contribution is -1.88. The fourth-order valence-corrected chi connectivity index (χ4v) is 2.40. The summed E-state index contributed by atoms with van der Waals surface area (Å²) in [5.41, 5.74) is 0. The molecule has 1 nitrogen and oxygen atoms in total. The van der Waals surface area contributed by atoms with E-state index in [2.05, 4.69) is 12.1 Å². The van der Waals surface area contributed by atoms with Crippen LogP contribution in [0.1, 0.15) is 6.92 Å². The second kappa shape index (κ2) is 6.11. The summed E-state index contributed by atoms with van der Waals surface area (Å²) in [6, 6.07) is 10.2. The molecule has 0 radical (unpaired) electrons. The van der Waals surface area contributed by atoms with Crippen LogP contribution in [-0.4, -0.2) is 16.6 Å². The van der Waals surface area contributed by atoms with E-state index in [1.807, 2.05) is 18.2 Å². The number of rotatable bonds is 4. The predicted molar refractivity (Wildman–Crippen MR) is 60.3 cm³/mol. The average molecular weight is 212 g/mol. The van der Waals surface area contributed by atoms with Crippen LogP contribution in [0.15, 0.2) is 35.2 Å². The number of carbonyl (C=O) groups is 1. The van der Waals surface area contributed by atoms with E-state index in [4.69, 9.17) is 0 Å². The van der Waals surface area contributed by atoms with E-state index >= 15 is 0 Å². The molecule has 13 heavy (non-hydrogen) atoms. The zero-order valence-electron chi connectivity index (χ0n) is 7.53. The number of hydrogen-bond donors (Lipinski definition) is 0. The number of benzene rings is 1. The predicted octanol–water partition coefficient (Wildman–Crippen LogP) is 3.06. The van der Waals surface area contributed by atoms with Crippen molar-refractivity contribution in [3.05, 3.63) is 30.3 Å². The van der Waals surface area contributed by atoms with Crippen LogP contribution in [0.4, 0.5) is 0 Å². The fraction of sp³-hybridized carbons (Fsp3) is 0.300. The van der Waals surface area contributed by atoms with Gasteiger partial charge >= 0.3 is 0 Å². The van der Waals surface area contributed by atoms with Gasteiger partial charge in [0.15, 0.2) is 5.12 Å². The Balaban J connectivity index is 2.17. The molecule has 1 aromatic carbocycles. The Labute approximate surface area is 87.3 Å². The maximum absolute atomic E-state index is 10.6. The fourth-order valence-electron chi connectivity index (χ4n) is 0.862. The van der Waals surface area contributed by atoms with Gasteiger partial charge in [0.05, 0.1) is 0 Å². The van der Waals surface area contributed by atoms with Crippen LogP contribution < -0.4 is 0 Å². The lowest BCUT2D eigenvalue weighted by molar-refractivity contribution is -0.109. The molecule has 0 aliphatic carbocycles. The highest BCUT2D eigenvalue weighted by atomic mass is 32.2. The molecule has 0 aliphatic rings. The van der Waals surface area contributed by atoms with Gasteiger partial charge in [0, 0.05) is 23.3 Å². The third kappa shape index (κ3) is 5.01. The summed E-state index contributed by atoms with van der Waals surface area (Å²) in [7, 11) is 0. The Kier molecular flexibility index (Phi) is 5.01. The molecule has 0 atom stereocenters. The summed E-state index contributed by atoms with van der Waals surface area (Å²) in [6.07, 6.45) is 0. The summed E-state index contributed by atoms with van der Waals surface area (Å²) < 4.78 is 0. The van der Waals surface area contributed by atoms with E-state index in [0.29, 0.717) is 0 Å². The first-order valence-corrected chi connectivity index (χ1v) is 6.07. The van der Waals surface area contributed by atoms with Crippen molar-refractivity contribution in [2.24, 2.45) is 0 Å². The smallest absolute Gasteiger partial charge is 0.185 e. The lowest BCUT2D eigenvalue weighted by Gasteiger charge is -1.98. The number of hydrogen-bond acceptors (Lipinski definition) is 3. The van der Waals surface area contributed by atoms with Gasteiger partial charge in [0.2, 0.25) is 0 Å². The zero-order chi connectivity index (χ0) is 9.52. The van der Waals surface area contributed by atoms with Gasteiger partial charge in [-0.1, -0.05) is 30.0 Å². The third-order valence-electron chi connectivity index (χ3n) is 1.40. The highest BCUT2D eigenvalue weighted by Gasteiger charge is 1.95. The molecule has 70 valence electrons. The van der Waals surface area contributed by atoms with Gasteiger partial charge in [-0.25, -0.2) is 0 Å². The Morgan fingerprint density at radius 1 is 1.23 bits per heavy atom. The van der Waals surface area contributed by atoms with Crippen molar-refractivity contribution >= 4 is 28.6 Å². The van der Waals surface area contributed by atoms with Crippen molar-refractivity contribution in [1.82, 2.24) is 0 Å². The van der Waals surface area contributed by atoms with Crippen molar-refractivity contribution in [2.45, 2.75) is 11.8 Å². The van der Waals surface area contributed by atoms with E-state index in [0.717, 1.165) is 11.5 Å². The minimum Gasteiger partial charge on any atom is -0.288 e. The van der Waals surface area contributed by atoms with E-state index in [-0.39, 0.29) is 5.12 Å². The number of thioether (sulfide) groups is 2. The van der Waals surface area contributed by atoms with Gasteiger partial charge in [-0.05, 0) is 12.1 Å². The molecule has 1 aromatic rings. The second-order valence-corrected chi connectivity index (χ2v) is 4.94. The minimum absolute atomic E-state index is 0.202. The van der Waals surface area contributed by atoms with E-state index in [1.54, 1.807) is 18.7 Å². The van der Waals surface area contributed by atoms with Gasteiger partial charge in [-0.2, -0.15) is 0 Å². The summed E-state index contributed by atoms with van der Waals surface area (Å²) >= 11 is 3.18. The molecule has 0 heterocycles. The molecule has 1 rings (SSSR count). The molecule has 0 fully saturated rings. The Hall–Kier alpha value is -0.410. The first-order valence-electron chi connectivity index (χ1n) is 4.10.